The van der Waals surface area contributed by atoms with Crippen LogP contribution in [-0.4, -0.2) is 11.5 Å². The van der Waals surface area contributed by atoms with Gasteiger partial charge in [0.05, 0.1) is 0 Å². The Bertz CT molecular complexity index is 344. The molecule has 0 saturated heterocycles. The van der Waals surface area contributed by atoms with Gasteiger partial charge in [0.15, 0.2) is 0 Å². The number of thioether (sulfide) groups is 1. The molecule has 1 aliphatic heterocycles. The van der Waals surface area contributed by atoms with Crippen molar-refractivity contribution in [1.29, 1.82) is 0 Å². The number of nitrogens with two attached hydrogens (primary N) is 1. The highest BCUT2D eigenvalue weighted by Crippen LogP contribution is 2.27. The second-order valence-corrected chi connectivity index (χ2v) is 4.57. The minimum Gasteiger partial charge on any atom is -0.326 e. The maximum absolute atomic E-state index is 5.72. The van der Waals surface area contributed by atoms with Crippen LogP contribution in [-0.2, 0) is 6.54 Å². The SMILES string of the molecule is NCc1ccccc1C1=CCSCC1. The van der Waals surface area contributed by atoms with Crippen LogP contribution in [0.15, 0.2) is 30.3 Å². The molecule has 74 valence electrons. The lowest BCUT2D eigenvalue weighted by atomic mass is 9.97. The standard InChI is InChI=1S/C12H15NS/c13-9-11-3-1-2-4-12(11)10-5-7-14-8-6-10/h1-5H,6-9,13H2. The third kappa shape index (κ3) is 2.02. The summed E-state index contributed by atoms with van der Waals surface area (Å²) < 4.78 is 0. The Labute approximate surface area is 89.4 Å². The molecule has 0 amide bonds. The number of hydrogen-bond donors (Lipinski definition) is 1. The van der Waals surface area contributed by atoms with Gasteiger partial charge < -0.3 is 5.73 Å². The largest absolute Gasteiger partial charge is 0.326 e. The monoisotopic (exact) mass is 205 g/mol. The highest BCUT2D eigenvalue weighted by atomic mass is 32.2. The molecule has 1 aromatic rings. The quantitative estimate of drug-likeness (QED) is 0.803. The zero-order valence-electron chi connectivity index (χ0n) is 8.20. The summed E-state index contributed by atoms with van der Waals surface area (Å²) in [5.74, 6) is 2.39. The minimum atomic E-state index is 0.640. The predicted octanol–water partition coefficient (Wildman–Crippen LogP) is 2.67. The third-order valence-corrected chi connectivity index (χ3v) is 3.44. The molecule has 0 unspecified atom stereocenters. The molecule has 1 aliphatic rings. The lowest BCUT2D eigenvalue weighted by molar-refractivity contribution is 1.05. The van der Waals surface area contributed by atoms with Gasteiger partial charge in [0, 0.05) is 12.3 Å². The van der Waals surface area contributed by atoms with E-state index in [0.29, 0.717) is 6.54 Å². The van der Waals surface area contributed by atoms with E-state index in [1.165, 1.54) is 28.9 Å². The molecule has 0 aliphatic carbocycles. The van der Waals surface area contributed by atoms with Crippen molar-refractivity contribution >= 4 is 17.3 Å². The molecule has 0 radical (unpaired) electrons. The Morgan fingerprint density at radius 1 is 1.29 bits per heavy atom. The third-order valence-electron chi connectivity index (χ3n) is 2.55. The zero-order valence-corrected chi connectivity index (χ0v) is 9.02. The van der Waals surface area contributed by atoms with E-state index in [9.17, 15) is 0 Å². The molecule has 2 N–H and O–H groups in total. The van der Waals surface area contributed by atoms with Crippen molar-refractivity contribution in [3.63, 3.8) is 0 Å². The maximum atomic E-state index is 5.72. The van der Waals surface area contributed by atoms with E-state index in [0.717, 1.165) is 5.75 Å². The summed E-state index contributed by atoms with van der Waals surface area (Å²) in [5, 5.41) is 0. The molecule has 14 heavy (non-hydrogen) atoms. The molecule has 0 spiro atoms. The average molecular weight is 205 g/mol. The van der Waals surface area contributed by atoms with E-state index in [1.807, 2.05) is 11.8 Å². The van der Waals surface area contributed by atoms with Crippen LogP contribution in [0.5, 0.6) is 0 Å². The Morgan fingerprint density at radius 3 is 2.86 bits per heavy atom. The number of rotatable bonds is 2. The molecule has 0 fully saturated rings. The summed E-state index contributed by atoms with van der Waals surface area (Å²) in [6, 6.07) is 8.46. The molecule has 0 saturated carbocycles. The minimum absolute atomic E-state index is 0.640. The van der Waals surface area contributed by atoms with Crippen LogP contribution in [0.1, 0.15) is 17.5 Å². The highest BCUT2D eigenvalue weighted by molar-refractivity contribution is 7.99. The fraction of sp³-hybridized carbons (Fsp3) is 0.333. The summed E-state index contributed by atoms with van der Waals surface area (Å²) in [6.45, 7) is 0.640. The van der Waals surface area contributed by atoms with Gasteiger partial charge in [0.25, 0.3) is 0 Å². The van der Waals surface area contributed by atoms with Gasteiger partial charge in [-0.2, -0.15) is 11.8 Å². The lowest BCUT2D eigenvalue weighted by Crippen LogP contribution is -2.03. The molecule has 1 heterocycles. The van der Waals surface area contributed by atoms with E-state index in [4.69, 9.17) is 5.73 Å². The van der Waals surface area contributed by atoms with Crippen LogP contribution >= 0.6 is 11.8 Å². The predicted molar refractivity (Wildman–Crippen MR) is 64.3 cm³/mol. The van der Waals surface area contributed by atoms with E-state index in [-0.39, 0.29) is 0 Å². The van der Waals surface area contributed by atoms with Crippen LogP contribution in [0.3, 0.4) is 0 Å². The Morgan fingerprint density at radius 2 is 2.14 bits per heavy atom. The maximum Gasteiger partial charge on any atom is 0.0184 e. The van der Waals surface area contributed by atoms with E-state index in [2.05, 4.69) is 30.3 Å². The number of allylic oxidation sites excluding steroid dienone is 1. The summed E-state index contributed by atoms with van der Waals surface area (Å²) in [6.07, 6.45) is 3.52. The van der Waals surface area contributed by atoms with Crippen LogP contribution in [0.25, 0.3) is 5.57 Å². The summed E-state index contributed by atoms with van der Waals surface area (Å²) in [7, 11) is 0. The molecule has 2 rings (SSSR count). The van der Waals surface area contributed by atoms with Crippen molar-refractivity contribution < 1.29 is 0 Å². The molecule has 1 nitrogen and oxygen atoms in total. The Hall–Kier alpha value is -0.730. The Balaban J connectivity index is 2.34. The molecule has 2 heteroatoms. The molecule has 0 atom stereocenters. The van der Waals surface area contributed by atoms with E-state index >= 15 is 0 Å². The van der Waals surface area contributed by atoms with Crippen LogP contribution < -0.4 is 5.73 Å². The topological polar surface area (TPSA) is 26.0 Å². The van der Waals surface area contributed by atoms with Crippen molar-refractivity contribution in [3.8, 4) is 0 Å². The van der Waals surface area contributed by atoms with E-state index in [1.54, 1.807) is 0 Å². The molecular weight excluding hydrogens is 190 g/mol. The second-order valence-electron chi connectivity index (χ2n) is 3.42. The van der Waals surface area contributed by atoms with Crippen LogP contribution in [0.2, 0.25) is 0 Å². The number of benzene rings is 1. The van der Waals surface area contributed by atoms with Crippen molar-refractivity contribution in [2.45, 2.75) is 13.0 Å². The fourth-order valence-electron chi connectivity index (χ4n) is 1.78. The smallest absolute Gasteiger partial charge is 0.0184 e. The summed E-state index contributed by atoms with van der Waals surface area (Å²) in [4.78, 5) is 0. The molecule has 1 aromatic carbocycles. The lowest BCUT2D eigenvalue weighted by Gasteiger charge is -2.15. The molecular formula is C12H15NS. The van der Waals surface area contributed by atoms with E-state index < -0.39 is 0 Å². The van der Waals surface area contributed by atoms with Crippen LogP contribution in [0, 0.1) is 0 Å². The van der Waals surface area contributed by atoms with Gasteiger partial charge in [-0.1, -0.05) is 30.3 Å². The molecule has 0 bridgehead atoms. The first-order chi connectivity index (χ1) is 6.92. The highest BCUT2D eigenvalue weighted by Gasteiger charge is 2.08. The second kappa shape index (κ2) is 4.67. The van der Waals surface area contributed by atoms with Gasteiger partial charge in [-0.05, 0) is 28.9 Å². The van der Waals surface area contributed by atoms with Crippen molar-refractivity contribution in [2.75, 3.05) is 11.5 Å². The fourth-order valence-corrected chi connectivity index (χ4v) is 2.63. The first-order valence-electron chi connectivity index (χ1n) is 4.97. The van der Waals surface area contributed by atoms with Gasteiger partial charge in [-0.15, -0.1) is 0 Å². The Kier molecular flexibility index (Phi) is 3.27. The average Bonchev–Trinajstić information content (AvgIpc) is 2.30. The van der Waals surface area contributed by atoms with Gasteiger partial charge in [-0.3, -0.25) is 0 Å². The normalized spacial score (nSPS) is 16.5. The molecule has 0 aromatic heterocycles. The van der Waals surface area contributed by atoms with Gasteiger partial charge >= 0.3 is 0 Å². The van der Waals surface area contributed by atoms with Crippen molar-refractivity contribution in [2.24, 2.45) is 5.73 Å². The number of hydrogen-bond acceptors (Lipinski definition) is 2. The zero-order chi connectivity index (χ0) is 9.80. The van der Waals surface area contributed by atoms with Gasteiger partial charge in [0.1, 0.15) is 0 Å². The van der Waals surface area contributed by atoms with Crippen molar-refractivity contribution in [3.05, 3.63) is 41.5 Å². The summed E-state index contributed by atoms with van der Waals surface area (Å²) >= 11 is 2.00. The first kappa shape index (κ1) is 9.81. The van der Waals surface area contributed by atoms with Gasteiger partial charge in [-0.25, -0.2) is 0 Å². The first-order valence-corrected chi connectivity index (χ1v) is 6.12. The van der Waals surface area contributed by atoms with Crippen molar-refractivity contribution in [1.82, 2.24) is 0 Å². The summed E-state index contributed by atoms with van der Waals surface area (Å²) in [5.41, 5.74) is 9.83. The van der Waals surface area contributed by atoms with Crippen LogP contribution in [0.4, 0.5) is 0 Å². The van der Waals surface area contributed by atoms with Gasteiger partial charge in [0.2, 0.25) is 0 Å².